The molecule has 31 heavy (non-hydrogen) atoms. The normalized spacial score (nSPS) is 20.4. The molecule has 0 fully saturated rings. The van der Waals surface area contributed by atoms with Crippen molar-refractivity contribution in [2.24, 2.45) is 11.1 Å². The SMILES string of the molecule is CC1(C)CC(=O)C2=C(C1)N(NC(=O)c1ccc(O)cc1)C(N)=C(C#N)C2c1cccs1. The molecule has 0 saturated heterocycles. The molecule has 1 amide bonds. The number of Topliss-reactive ketones (excluding diaryl/α,β-unsaturated/α-hetero) is 1. The van der Waals surface area contributed by atoms with Gasteiger partial charge in [-0.05, 0) is 47.5 Å². The fraction of sp³-hybridized carbons (Fsp3) is 0.261. The third-order valence-electron chi connectivity index (χ3n) is 5.55. The third-order valence-corrected chi connectivity index (χ3v) is 6.49. The number of nitriles is 1. The van der Waals surface area contributed by atoms with E-state index in [1.165, 1.54) is 40.6 Å². The van der Waals surface area contributed by atoms with Crippen LogP contribution < -0.4 is 11.2 Å². The summed E-state index contributed by atoms with van der Waals surface area (Å²) in [4.78, 5) is 27.0. The number of hydrazine groups is 1. The van der Waals surface area contributed by atoms with E-state index in [0.29, 0.717) is 29.7 Å². The highest BCUT2D eigenvalue weighted by molar-refractivity contribution is 7.10. The van der Waals surface area contributed by atoms with Crippen LogP contribution in [-0.2, 0) is 4.79 Å². The number of rotatable bonds is 3. The van der Waals surface area contributed by atoms with Gasteiger partial charge in [0, 0.05) is 22.4 Å². The maximum Gasteiger partial charge on any atom is 0.270 e. The van der Waals surface area contributed by atoms with Crippen LogP contribution in [-0.4, -0.2) is 21.8 Å². The Hall–Kier alpha value is -3.57. The summed E-state index contributed by atoms with van der Waals surface area (Å²) in [7, 11) is 0. The van der Waals surface area contributed by atoms with Crippen LogP contribution in [0.1, 0.15) is 47.8 Å². The molecule has 158 valence electrons. The summed E-state index contributed by atoms with van der Waals surface area (Å²) in [6, 6.07) is 11.7. The molecule has 8 heteroatoms. The van der Waals surface area contributed by atoms with Crippen molar-refractivity contribution in [3.05, 3.63) is 74.9 Å². The Morgan fingerprint density at radius 1 is 1.29 bits per heavy atom. The molecule has 4 N–H and O–H groups in total. The van der Waals surface area contributed by atoms with Crippen molar-refractivity contribution in [1.29, 1.82) is 5.26 Å². The van der Waals surface area contributed by atoms with E-state index in [0.717, 1.165) is 4.88 Å². The van der Waals surface area contributed by atoms with E-state index in [2.05, 4.69) is 11.5 Å². The summed E-state index contributed by atoms with van der Waals surface area (Å²) in [5.41, 5.74) is 10.5. The first kappa shape index (κ1) is 20.7. The summed E-state index contributed by atoms with van der Waals surface area (Å²) in [5, 5.41) is 22.7. The molecule has 0 spiro atoms. The number of phenolic OH excluding ortho intramolecular Hbond substituents is 1. The summed E-state index contributed by atoms with van der Waals surface area (Å²) < 4.78 is 0. The number of phenols is 1. The Kier molecular flexibility index (Phi) is 5.07. The van der Waals surface area contributed by atoms with Crippen molar-refractivity contribution >= 4 is 23.0 Å². The van der Waals surface area contributed by atoms with Gasteiger partial charge in [-0.2, -0.15) is 5.26 Å². The zero-order chi connectivity index (χ0) is 22.3. The molecule has 1 atom stereocenters. The van der Waals surface area contributed by atoms with Gasteiger partial charge in [-0.25, -0.2) is 5.01 Å². The highest BCUT2D eigenvalue weighted by Gasteiger charge is 2.45. The van der Waals surface area contributed by atoms with Crippen LogP contribution in [0.2, 0.25) is 0 Å². The molecular weight excluding hydrogens is 412 g/mol. The third kappa shape index (κ3) is 3.68. The number of benzene rings is 1. The summed E-state index contributed by atoms with van der Waals surface area (Å²) in [5.74, 6) is -0.891. The van der Waals surface area contributed by atoms with Gasteiger partial charge in [0.1, 0.15) is 11.6 Å². The number of nitrogens with two attached hydrogens (primary N) is 1. The van der Waals surface area contributed by atoms with Crippen LogP contribution in [0, 0.1) is 16.7 Å². The molecule has 0 radical (unpaired) electrons. The van der Waals surface area contributed by atoms with E-state index in [9.17, 15) is 20.0 Å². The number of carbonyl (C=O) groups is 2. The number of nitrogens with zero attached hydrogens (tertiary/aromatic N) is 2. The zero-order valence-corrected chi connectivity index (χ0v) is 18.0. The summed E-state index contributed by atoms with van der Waals surface area (Å²) in [6.45, 7) is 3.99. The lowest BCUT2D eigenvalue weighted by molar-refractivity contribution is -0.118. The number of amides is 1. The Labute approximate surface area is 184 Å². The van der Waals surface area contributed by atoms with Gasteiger partial charge in [0.15, 0.2) is 5.78 Å². The lowest BCUT2D eigenvalue weighted by Crippen LogP contribution is -2.49. The Balaban J connectivity index is 1.83. The number of hydrogen-bond acceptors (Lipinski definition) is 7. The van der Waals surface area contributed by atoms with E-state index in [1.54, 1.807) is 0 Å². The Morgan fingerprint density at radius 3 is 2.61 bits per heavy atom. The molecule has 2 aliphatic rings. The topological polar surface area (TPSA) is 119 Å². The van der Waals surface area contributed by atoms with E-state index in [-0.39, 0.29) is 28.3 Å². The maximum absolute atomic E-state index is 13.3. The standard InChI is InChI=1S/C23H22N4O3S/c1-23(2)10-16-20(17(29)11-23)19(18-4-3-9-31-18)15(12-24)21(25)27(16)26-22(30)13-5-7-14(28)8-6-13/h3-9,19,28H,10-11,25H2,1-2H3,(H,26,30). The number of nitrogens with one attached hydrogen (secondary N) is 1. The van der Waals surface area contributed by atoms with Crippen molar-refractivity contribution < 1.29 is 14.7 Å². The van der Waals surface area contributed by atoms with Crippen molar-refractivity contribution in [1.82, 2.24) is 10.4 Å². The van der Waals surface area contributed by atoms with Gasteiger partial charge >= 0.3 is 0 Å². The molecule has 2 aromatic rings. The lowest BCUT2D eigenvalue weighted by Gasteiger charge is -2.43. The van der Waals surface area contributed by atoms with E-state index >= 15 is 0 Å². The van der Waals surface area contributed by atoms with Gasteiger partial charge in [0.2, 0.25) is 0 Å². The van der Waals surface area contributed by atoms with E-state index in [1.807, 2.05) is 31.4 Å². The number of thiophene rings is 1. The molecule has 7 nitrogen and oxygen atoms in total. The van der Waals surface area contributed by atoms with Crippen molar-refractivity contribution in [2.45, 2.75) is 32.6 Å². The quantitative estimate of drug-likeness (QED) is 0.680. The second-order valence-corrected chi connectivity index (χ2v) is 9.46. The molecule has 1 aliphatic heterocycles. The molecule has 1 aromatic carbocycles. The van der Waals surface area contributed by atoms with Crippen molar-refractivity contribution in [2.75, 3.05) is 0 Å². The second-order valence-electron chi connectivity index (χ2n) is 8.48. The molecule has 2 heterocycles. The Bertz CT molecular complexity index is 1150. The minimum absolute atomic E-state index is 0.0455. The fourth-order valence-corrected chi connectivity index (χ4v) is 5.00. The van der Waals surface area contributed by atoms with Gasteiger partial charge in [-0.15, -0.1) is 11.3 Å². The van der Waals surface area contributed by atoms with Gasteiger partial charge in [0.05, 0.1) is 23.3 Å². The molecule has 1 aliphatic carbocycles. The van der Waals surface area contributed by atoms with E-state index in [4.69, 9.17) is 5.73 Å². The first-order valence-corrected chi connectivity index (χ1v) is 10.7. The van der Waals surface area contributed by atoms with Crippen molar-refractivity contribution in [3.63, 3.8) is 0 Å². The van der Waals surface area contributed by atoms with Gasteiger partial charge < -0.3 is 10.8 Å². The number of allylic oxidation sites excluding steroid dienone is 3. The summed E-state index contributed by atoms with van der Waals surface area (Å²) in [6.07, 6.45) is 0.872. The predicted molar refractivity (Wildman–Crippen MR) is 116 cm³/mol. The van der Waals surface area contributed by atoms with Crippen LogP contribution >= 0.6 is 11.3 Å². The van der Waals surface area contributed by atoms with Gasteiger partial charge in [0.25, 0.3) is 5.91 Å². The first-order valence-electron chi connectivity index (χ1n) is 9.81. The molecule has 1 unspecified atom stereocenters. The smallest absolute Gasteiger partial charge is 0.270 e. The van der Waals surface area contributed by atoms with Crippen LogP contribution in [0.5, 0.6) is 5.75 Å². The molecule has 4 rings (SSSR count). The van der Waals surface area contributed by atoms with Crippen LogP contribution in [0.15, 0.2) is 64.4 Å². The monoisotopic (exact) mass is 434 g/mol. The van der Waals surface area contributed by atoms with Crippen LogP contribution in [0.3, 0.4) is 0 Å². The predicted octanol–water partition coefficient (Wildman–Crippen LogP) is 3.53. The van der Waals surface area contributed by atoms with Gasteiger partial charge in [-0.1, -0.05) is 19.9 Å². The largest absolute Gasteiger partial charge is 0.508 e. The number of aromatic hydroxyl groups is 1. The van der Waals surface area contributed by atoms with E-state index < -0.39 is 11.8 Å². The average Bonchev–Trinajstić information content (AvgIpc) is 3.24. The summed E-state index contributed by atoms with van der Waals surface area (Å²) >= 11 is 1.46. The second kappa shape index (κ2) is 7.60. The van der Waals surface area contributed by atoms with Gasteiger partial charge in [-0.3, -0.25) is 15.0 Å². The molecule has 0 bridgehead atoms. The average molecular weight is 435 g/mol. The maximum atomic E-state index is 13.3. The lowest BCUT2D eigenvalue weighted by atomic mass is 9.70. The van der Waals surface area contributed by atoms with Crippen LogP contribution in [0.25, 0.3) is 0 Å². The molecule has 1 aromatic heterocycles. The molecular formula is C23H22N4O3S. The Morgan fingerprint density at radius 2 is 2.00 bits per heavy atom. The number of hydrogen-bond donors (Lipinski definition) is 3. The first-order chi connectivity index (χ1) is 14.7. The molecule has 0 saturated carbocycles. The fourth-order valence-electron chi connectivity index (χ4n) is 4.16. The number of carbonyl (C=O) groups excluding carboxylic acids is 2. The zero-order valence-electron chi connectivity index (χ0n) is 17.2. The van der Waals surface area contributed by atoms with Crippen LogP contribution in [0.4, 0.5) is 0 Å². The minimum atomic E-state index is -0.537. The minimum Gasteiger partial charge on any atom is -0.508 e. The highest BCUT2D eigenvalue weighted by Crippen LogP contribution is 2.49. The number of ketones is 1. The van der Waals surface area contributed by atoms with Crippen molar-refractivity contribution in [3.8, 4) is 11.8 Å². The highest BCUT2D eigenvalue weighted by atomic mass is 32.1.